The smallest absolute Gasteiger partial charge is 0.0919 e. The number of aromatic amines is 1. The Labute approximate surface area is 57.3 Å². The maximum Gasteiger partial charge on any atom is 0.0919 e. The quantitative estimate of drug-likeness (QED) is 0.571. The molecule has 54 valence electrons. The summed E-state index contributed by atoms with van der Waals surface area (Å²) in [6.45, 7) is 4.25. The summed E-state index contributed by atoms with van der Waals surface area (Å²) < 4.78 is 0. The molecule has 2 nitrogen and oxygen atoms in total. The van der Waals surface area contributed by atoms with Gasteiger partial charge in [-0.1, -0.05) is 27.7 Å². The van der Waals surface area contributed by atoms with E-state index in [-0.39, 0.29) is 7.43 Å². The van der Waals surface area contributed by atoms with Crippen LogP contribution in [0.15, 0.2) is 18.7 Å². The zero-order valence-corrected chi connectivity index (χ0v) is 5.39. The summed E-state index contributed by atoms with van der Waals surface area (Å²) in [5.74, 6) is 0. The summed E-state index contributed by atoms with van der Waals surface area (Å²) in [6.07, 6.45) is 6.33. The first-order chi connectivity index (χ1) is 3.91. The molecule has 0 amide bonds. The summed E-state index contributed by atoms with van der Waals surface area (Å²) in [5, 5.41) is 0. The molecule has 0 aliphatic rings. The van der Waals surface area contributed by atoms with E-state index in [4.69, 9.17) is 0 Å². The minimum absolute atomic E-state index is 0. The second-order valence-electron chi connectivity index (χ2n) is 1.47. The van der Waals surface area contributed by atoms with Crippen molar-refractivity contribution >= 4 is 0 Å². The molecule has 0 aliphatic heterocycles. The highest BCUT2D eigenvalue weighted by Gasteiger charge is 1.56. The number of aromatic nitrogens is 2. The lowest BCUT2D eigenvalue weighted by Gasteiger charge is -1.48. The molecule has 2 heteroatoms. The summed E-state index contributed by atoms with van der Waals surface area (Å²) in [5.41, 5.74) is 0. The van der Waals surface area contributed by atoms with Gasteiger partial charge in [0.15, 0.2) is 0 Å². The van der Waals surface area contributed by atoms with E-state index in [1.807, 2.05) is 0 Å². The van der Waals surface area contributed by atoms with Gasteiger partial charge in [0.1, 0.15) is 0 Å². The number of nitrogens with one attached hydrogen (secondary N) is 1. The van der Waals surface area contributed by atoms with Crippen LogP contribution in [0.3, 0.4) is 0 Å². The first kappa shape index (κ1) is 11.1. The molecule has 0 radical (unpaired) electrons. The lowest BCUT2D eigenvalue weighted by Crippen LogP contribution is -1.44. The van der Waals surface area contributed by atoms with Gasteiger partial charge in [-0.25, -0.2) is 4.98 Å². The fourth-order valence-corrected chi connectivity index (χ4v) is 0.215. The highest BCUT2D eigenvalue weighted by atomic mass is 14.8. The fraction of sp³-hybridized carbons (Fsp3) is 0.571. The van der Waals surface area contributed by atoms with Gasteiger partial charge in [0.05, 0.1) is 6.33 Å². The minimum Gasteiger partial charge on any atom is -0.351 e. The van der Waals surface area contributed by atoms with Crippen molar-refractivity contribution in [2.24, 2.45) is 0 Å². The molecule has 0 spiro atoms. The van der Waals surface area contributed by atoms with E-state index < -0.39 is 0 Å². The molecule has 9 heavy (non-hydrogen) atoms. The zero-order valence-electron chi connectivity index (χ0n) is 5.39. The highest BCUT2D eigenvalue weighted by Crippen LogP contribution is 1.62. The van der Waals surface area contributed by atoms with E-state index in [0.29, 0.717) is 0 Å². The largest absolute Gasteiger partial charge is 0.351 e. The van der Waals surface area contributed by atoms with E-state index in [9.17, 15) is 0 Å². The van der Waals surface area contributed by atoms with Gasteiger partial charge in [0, 0.05) is 12.4 Å². The first-order valence-electron chi connectivity index (χ1n) is 2.84. The number of hydrogen-bond donors (Lipinski definition) is 1. The average Bonchev–Trinajstić information content (AvgIpc) is 2.17. The molecule has 0 aromatic carbocycles. The van der Waals surface area contributed by atoms with E-state index in [2.05, 4.69) is 23.8 Å². The molecule has 0 fully saturated rings. The molecule has 1 N–H and O–H groups in total. The Morgan fingerprint density at radius 1 is 1.44 bits per heavy atom. The molecule has 0 saturated heterocycles. The molecule has 0 saturated carbocycles. The number of H-pyrrole nitrogens is 1. The molecular weight excluding hydrogens is 112 g/mol. The van der Waals surface area contributed by atoms with Gasteiger partial charge in [-0.15, -0.1) is 0 Å². The van der Waals surface area contributed by atoms with Gasteiger partial charge in [-0.3, -0.25) is 0 Å². The van der Waals surface area contributed by atoms with E-state index >= 15 is 0 Å². The molecule has 1 rings (SSSR count). The van der Waals surface area contributed by atoms with Crippen LogP contribution in [0.4, 0.5) is 0 Å². The van der Waals surface area contributed by atoms with Gasteiger partial charge in [0.2, 0.25) is 0 Å². The van der Waals surface area contributed by atoms with Crippen LogP contribution < -0.4 is 0 Å². The third-order valence-corrected chi connectivity index (χ3v) is 0.406. The SMILES string of the molecule is C.CCC.c1c[nH]cn1. The zero-order chi connectivity index (χ0) is 6.24. The van der Waals surface area contributed by atoms with Crippen LogP contribution in [0.2, 0.25) is 0 Å². The normalized spacial score (nSPS) is 6.44. The second-order valence-corrected chi connectivity index (χ2v) is 1.47. The topological polar surface area (TPSA) is 28.7 Å². The van der Waals surface area contributed by atoms with Crippen molar-refractivity contribution in [3.05, 3.63) is 18.7 Å². The molecule has 1 heterocycles. The minimum atomic E-state index is 0. The second kappa shape index (κ2) is 10.2. The molecule has 0 unspecified atom stereocenters. The Balaban J connectivity index is 0. The Morgan fingerprint density at radius 2 is 2.00 bits per heavy atom. The van der Waals surface area contributed by atoms with E-state index in [1.54, 1.807) is 18.7 Å². The van der Waals surface area contributed by atoms with Crippen LogP contribution in [0.1, 0.15) is 27.7 Å². The van der Waals surface area contributed by atoms with Gasteiger partial charge in [0.25, 0.3) is 0 Å². The Hall–Kier alpha value is -0.790. The molecule has 0 aliphatic carbocycles. The number of rotatable bonds is 0. The maximum absolute atomic E-state index is 3.67. The molecule has 1 aromatic rings. The van der Waals surface area contributed by atoms with Crippen molar-refractivity contribution in [1.29, 1.82) is 0 Å². The van der Waals surface area contributed by atoms with Crippen LogP contribution in [0.5, 0.6) is 0 Å². The predicted octanol–water partition coefficient (Wildman–Crippen LogP) is 2.46. The Kier molecular flexibility index (Phi) is 12.6. The Bertz CT molecular complexity index is 73.8. The predicted molar refractivity (Wildman–Crippen MR) is 41.3 cm³/mol. The lowest BCUT2D eigenvalue weighted by molar-refractivity contribution is 1.09. The summed E-state index contributed by atoms with van der Waals surface area (Å²) in [4.78, 5) is 6.42. The molecular formula is C7H16N2. The van der Waals surface area contributed by atoms with Crippen LogP contribution in [-0.4, -0.2) is 9.97 Å². The molecule has 0 bridgehead atoms. The fourth-order valence-electron chi connectivity index (χ4n) is 0.215. The van der Waals surface area contributed by atoms with Crippen LogP contribution in [0, 0.1) is 0 Å². The number of hydrogen-bond acceptors (Lipinski definition) is 1. The molecule has 0 atom stereocenters. The van der Waals surface area contributed by atoms with Crippen molar-refractivity contribution in [1.82, 2.24) is 9.97 Å². The van der Waals surface area contributed by atoms with Gasteiger partial charge < -0.3 is 4.98 Å². The third-order valence-electron chi connectivity index (χ3n) is 0.406. The highest BCUT2D eigenvalue weighted by molar-refractivity contribution is 4.64. The lowest BCUT2D eigenvalue weighted by atomic mass is 10.6. The maximum atomic E-state index is 3.67. The van der Waals surface area contributed by atoms with Gasteiger partial charge >= 0.3 is 0 Å². The van der Waals surface area contributed by atoms with Crippen molar-refractivity contribution < 1.29 is 0 Å². The van der Waals surface area contributed by atoms with Crippen molar-refractivity contribution in [3.63, 3.8) is 0 Å². The van der Waals surface area contributed by atoms with Crippen molar-refractivity contribution in [2.75, 3.05) is 0 Å². The van der Waals surface area contributed by atoms with Gasteiger partial charge in [-0.2, -0.15) is 0 Å². The van der Waals surface area contributed by atoms with Gasteiger partial charge in [-0.05, 0) is 0 Å². The van der Waals surface area contributed by atoms with Crippen LogP contribution in [0.25, 0.3) is 0 Å². The van der Waals surface area contributed by atoms with E-state index in [1.165, 1.54) is 6.42 Å². The number of imidazole rings is 1. The van der Waals surface area contributed by atoms with E-state index in [0.717, 1.165) is 0 Å². The summed E-state index contributed by atoms with van der Waals surface area (Å²) >= 11 is 0. The Morgan fingerprint density at radius 3 is 2.11 bits per heavy atom. The monoisotopic (exact) mass is 128 g/mol. The average molecular weight is 128 g/mol. The van der Waals surface area contributed by atoms with Crippen molar-refractivity contribution in [2.45, 2.75) is 27.7 Å². The van der Waals surface area contributed by atoms with Crippen molar-refractivity contribution in [3.8, 4) is 0 Å². The third kappa shape index (κ3) is 11.0. The molecule has 1 aromatic heterocycles. The van der Waals surface area contributed by atoms with Crippen LogP contribution >= 0.6 is 0 Å². The van der Waals surface area contributed by atoms with Crippen LogP contribution in [-0.2, 0) is 0 Å². The number of nitrogens with zero attached hydrogens (tertiary/aromatic N) is 1. The summed E-state index contributed by atoms with van der Waals surface area (Å²) in [7, 11) is 0. The summed E-state index contributed by atoms with van der Waals surface area (Å²) in [6, 6.07) is 0. The standard InChI is InChI=1S/C3H4N2.C3H8.CH4/c1-2-5-3-4-1;1-3-2;/h1-3H,(H,4,5);3H2,1-2H3;1H4. The first-order valence-corrected chi connectivity index (χ1v) is 2.84.